The van der Waals surface area contributed by atoms with Crippen LogP contribution >= 0.6 is 0 Å². The molecule has 0 spiro atoms. The molecule has 1 nitrogen and oxygen atoms in total. The van der Waals surface area contributed by atoms with E-state index >= 15 is 0 Å². The lowest BCUT2D eigenvalue weighted by Gasteiger charge is -2.25. The molecule has 1 saturated carbocycles. The van der Waals surface area contributed by atoms with Crippen molar-refractivity contribution in [2.75, 3.05) is 6.54 Å². The van der Waals surface area contributed by atoms with E-state index in [1.807, 2.05) is 0 Å². The SMILES string of the molecule is CCCNC(C)CCc1ccc(C2CCC2)cc1. The van der Waals surface area contributed by atoms with Gasteiger partial charge >= 0.3 is 0 Å². The molecule has 0 saturated heterocycles. The van der Waals surface area contributed by atoms with Crippen molar-refractivity contribution in [3.63, 3.8) is 0 Å². The molecule has 0 bridgehead atoms. The maximum absolute atomic E-state index is 3.55. The fourth-order valence-electron chi connectivity index (χ4n) is 2.57. The van der Waals surface area contributed by atoms with E-state index in [-0.39, 0.29) is 0 Å². The van der Waals surface area contributed by atoms with E-state index in [2.05, 4.69) is 43.4 Å². The Morgan fingerprint density at radius 2 is 1.94 bits per heavy atom. The van der Waals surface area contributed by atoms with E-state index in [4.69, 9.17) is 0 Å². The molecule has 0 radical (unpaired) electrons. The smallest absolute Gasteiger partial charge is 0.00418 e. The van der Waals surface area contributed by atoms with Crippen molar-refractivity contribution in [3.8, 4) is 0 Å². The molecule has 0 amide bonds. The topological polar surface area (TPSA) is 12.0 Å². The van der Waals surface area contributed by atoms with E-state index in [9.17, 15) is 0 Å². The van der Waals surface area contributed by atoms with Gasteiger partial charge < -0.3 is 5.32 Å². The highest BCUT2D eigenvalue weighted by molar-refractivity contribution is 5.26. The monoisotopic (exact) mass is 245 g/mol. The zero-order valence-corrected chi connectivity index (χ0v) is 11.9. The molecular formula is C17H27N. The Hall–Kier alpha value is -0.820. The molecule has 0 heterocycles. The van der Waals surface area contributed by atoms with E-state index in [0.29, 0.717) is 6.04 Å². The third-order valence-corrected chi connectivity index (χ3v) is 4.17. The van der Waals surface area contributed by atoms with Gasteiger partial charge in [-0.3, -0.25) is 0 Å². The Morgan fingerprint density at radius 3 is 2.50 bits per heavy atom. The highest BCUT2D eigenvalue weighted by Gasteiger charge is 2.18. The molecule has 100 valence electrons. The molecule has 18 heavy (non-hydrogen) atoms. The van der Waals surface area contributed by atoms with E-state index in [0.717, 1.165) is 12.5 Å². The summed E-state index contributed by atoms with van der Waals surface area (Å²) in [5.41, 5.74) is 3.05. The molecule has 1 aromatic rings. The van der Waals surface area contributed by atoms with E-state index in [1.165, 1.54) is 44.1 Å². The van der Waals surface area contributed by atoms with Gasteiger partial charge in [0, 0.05) is 6.04 Å². The van der Waals surface area contributed by atoms with Gasteiger partial charge in [0.25, 0.3) is 0 Å². The predicted octanol–water partition coefficient (Wildman–Crippen LogP) is 4.27. The van der Waals surface area contributed by atoms with Crippen molar-refractivity contribution in [2.24, 2.45) is 0 Å². The van der Waals surface area contributed by atoms with Crippen LogP contribution in [0.2, 0.25) is 0 Å². The number of aryl methyl sites for hydroxylation is 1. The van der Waals surface area contributed by atoms with Crippen molar-refractivity contribution >= 4 is 0 Å². The molecule has 1 aliphatic rings. The van der Waals surface area contributed by atoms with Crippen LogP contribution in [0.5, 0.6) is 0 Å². The minimum Gasteiger partial charge on any atom is -0.314 e. The van der Waals surface area contributed by atoms with Crippen LogP contribution in [0.15, 0.2) is 24.3 Å². The normalized spacial score (nSPS) is 17.4. The van der Waals surface area contributed by atoms with Gasteiger partial charge in [-0.2, -0.15) is 0 Å². The largest absolute Gasteiger partial charge is 0.314 e. The molecule has 0 aromatic heterocycles. The summed E-state index contributed by atoms with van der Waals surface area (Å²) in [5, 5.41) is 3.55. The molecule has 2 rings (SSSR count). The average Bonchev–Trinajstić information content (AvgIpc) is 2.33. The lowest BCUT2D eigenvalue weighted by Crippen LogP contribution is -2.27. The second-order valence-electron chi connectivity index (χ2n) is 5.76. The van der Waals surface area contributed by atoms with Gasteiger partial charge in [0.15, 0.2) is 0 Å². The van der Waals surface area contributed by atoms with Gasteiger partial charge in [-0.1, -0.05) is 37.6 Å². The van der Waals surface area contributed by atoms with Crippen molar-refractivity contribution in [2.45, 2.75) is 64.3 Å². The molecule has 1 N–H and O–H groups in total. The summed E-state index contributed by atoms with van der Waals surface area (Å²) < 4.78 is 0. The van der Waals surface area contributed by atoms with Crippen LogP contribution in [0, 0.1) is 0 Å². The Bertz CT molecular complexity index is 337. The molecule has 1 unspecified atom stereocenters. The fraction of sp³-hybridized carbons (Fsp3) is 0.647. The number of hydrogen-bond donors (Lipinski definition) is 1. The molecule has 0 aliphatic heterocycles. The van der Waals surface area contributed by atoms with E-state index < -0.39 is 0 Å². The van der Waals surface area contributed by atoms with Crippen molar-refractivity contribution in [1.82, 2.24) is 5.32 Å². The number of nitrogens with one attached hydrogen (secondary N) is 1. The molecule has 1 aromatic carbocycles. The summed E-state index contributed by atoms with van der Waals surface area (Å²) >= 11 is 0. The van der Waals surface area contributed by atoms with Crippen LogP contribution in [0.4, 0.5) is 0 Å². The van der Waals surface area contributed by atoms with Crippen molar-refractivity contribution in [1.29, 1.82) is 0 Å². The standard InChI is InChI=1S/C17H27N/c1-3-13-18-14(2)7-8-15-9-11-17(12-10-15)16-5-4-6-16/h9-12,14,16,18H,3-8,13H2,1-2H3. The zero-order valence-electron chi connectivity index (χ0n) is 11.9. The first-order valence-corrected chi connectivity index (χ1v) is 7.62. The van der Waals surface area contributed by atoms with Crippen molar-refractivity contribution < 1.29 is 0 Å². The minimum absolute atomic E-state index is 0.635. The molecule has 1 aliphatic carbocycles. The maximum Gasteiger partial charge on any atom is 0.00418 e. The molecular weight excluding hydrogens is 218 g/mol. The number of hydrogen-bond acceptors (Lipinski definition) is 1. The molecule has 1 fully saturated rings. The van der Waals surface area contributed by atoms with Crippen LogP contribution in [-0.2, 0) is 6.42 Å². The highest BCUT2D eigenvalue weighted by atomic mass is 14.9. The number of benzene rings is 1. The Kier molecular flexibility index (Phi) is 5.25. The first-order valence-electron chi connectivity index (χ1n) is 7.62. The van der Waals surface area contributed by atoms with Gasteiger partial charge in [-0.15, -0.1) is 0 Å². The lowest BCUT2D eigenvalue weighted by atomic mass is 9.80. The van der Waals surface area contributed by atoms with Gasteiger partial charge in [-0.25, -0.2) is 0 Å². The van der Waals surface area contributed by atoms with Gasteiger partial charge in [0.2, 0.25) is 0 Å². The van der Waals surface area contributed by atoms with Crippen LogP contribution in [0.3, 0.4) is 0 Å². The second kappa shape index (κ2) is 6.94. The third-order valence-electron chi connectivity index (χ3n) is 4.17. The highest BCUT2D eigenvalue weighted by Crippen LogP contribution is 2.36. The van der Waals surface area contributed by atoms with Crippen LogP contribution in [-0.4, -0.2) is 12.6 Å². The Morgan fingerprint density at radius 1 is 1.22 bits per heavy atom. The van der Waals surface area contributed by atoms with Crippen LogP contribution < -0.4 is 5.32 Å². The van der Waals surface area contributed by atoms with Crippen LogP contribution in [0.1, 0.15) is 63.0 Å². The second-order valence-corrected chi connectivity index (χ2v) is 5.76. The third kappa shape index (κ3) is 3.84. The summed E-state index contributed by atoms with van der Waals surface area (Å²) in [5.74, 6) is 0.865. The van der Waals surface area contributed by atoms with Crippen molar-refractivity contribution in [3.05, 3.63) is 35.4 Å². The van der Waals surface area contributed by atoms with E-state index in [1.54, 1.807) is 5.56 Å². The number of rotatable bonds is 7. The summed E-state index contributed by atoms with van der Waals surface area (Å²) in [4.78, 5) is 0. The lowest BCUT2D eigenvalue weighted by molar-refractivity contribution is 0.419. The van der Waals surface area contributed by atoms with Gasteiger partial charge in [0.05, 0.1) is 0 Å². The minimum atomic E-state index is 0.635. The summed E-state index contributed by atoms with van der Waals surface area (Å²) in [7, 11) is 0. The molecule has 1 atom stereocenters. The Labute approximate surface area is 112 Å². The first kappa shape index (κ1) is 13.6. The van der Waals surface area contributed by atoms with Crippen LogP contribution in [0.25, 0.3) is 0 Å². The van der Waals surface area contributed by atoms with Gasteiger partial charge in [-0.05, 0) is 62.6 Å². The fourth-order valence-corrected chi connectivity index (χ4v) is 2.57. The first-order chi connectivity index (χ1) is 8.79. The quantitative estimate of drug-likeness (QED) is 0.756. The Balaban J connectivity index is 1.75. The van der Waals surface area contributed by atoms with Gasteiger partial charge in [0.1, 0.15) is 0 Å². The maximum atomic E-state index is 3.55. The summed E-state index contributed by atoms with van der Waals surface area (Å²) in [6, 6.07) is 10.0. The predicted molar refractivity (Wildman–Crippen MR) is 79.1 cm³/mol. The zero-order chi connectivity index (χ0) is 12.8. The summed E-state index contributed by atoms with van der Waals surface area (Å²) in [6.07, 6.45) is 7.88. The average molecular weight is 245 g/mol. The summed E-state index contributed by atoms with van der Waals surface area (Å²) in [6.45, 7) is 5.65. The molecule has 1 heteroatoms.